The van der Waals surface area contributed by atoms with E-state index in [2.05, 4.69) is 23.8 Å². The van der Waals surface area contributed by atoms with Gasteiger partial charge in [0.05, 0.1) is 0 Å². The Labute approximate surface area is 51.4 Å². The molecule has 0 heterocycles. The van der Waals surface area contributed by atoms with E-state index < -0.39 is 12.3 Å². The number of rotatable bonds is 1. The molecule has 0 aliphatic heterocycles. The Balaban J connectivity index is 3.80. The van der Waals surface area contributed by atoms with Crippen LogP contribution in [0.15, 0.2) is 17.2 Å². The van der Waals surface area contributed by atoms with Crippen LogP contribution in [-0.4, -0.2) is 12.3 Å². The van der Waals surface area contributed by atoms with Gasteiger partial charge in [-0.15, -0.1) is 0 Å². The van der Waals surface area contributed by atoms with Crippen molar-refractivity contribution in [3.8, 4) is 0 Å². The van der Waals surface area contributed by atoms with Gasteiger partial charge < -0.3 is 0 Å². The fourth-order valence-corrected chi connectivity index (χ4v) is 1.66. The van der Waals surface area contributed by atoms with Gasteiger partial charge in [0, 0.05) is 0 Å². The molecule has 0 aromatic heterocycles. The molecule has 0 bridgehead atoms. The molecule has 0 nitrogen and oxygen atoms in total. The van der Waals surface area contributed by atoms with Crippen molar-refractivity contribution in [2.75, 3.05) is 0 Å². The van der Waals surface area contributed by atoms with E-state index in [9.17, 15) is 0 Å². The van der Waals surface area contributed by atoms with Crippen molar-refractivity contribution in [2.24, 2.45) is 0 Å². The molecule has 0 amide bonds. The van der Waals surface area contributed by atoms with E-state index in [1.807, 2.05) is 4.91 Å². The van der Waals surface area contributed by atoms with Crippen LogP contribution in [0.3, 0.4) is 0 Å². The topological polar surface area (TPSA) is 0 Å². The third kappa shape index (κ3) is 6.35. The Morgan fingerprint density at radius 3 is 2.14 bits per heavy atom. The first-order chi connectivity index (χ1) is 3.06. The van der Waals surface area contributed by atoms with Crippen molar-refractivity contribution >= 4 is 22.3 Å². The van der Waals surface area contributed by atoms with Gasteiger partial charge >= 0.3 is 51.1 Å². The fourth-order valence-electron chi connectivity index (χ4n) is 0.243. The Kier molecular flexibility index (Phi) is 2.74. The van der Waals surface area contributed by atoms with E-state index in [-0.39, 0.29) is 0 Å². The predicted molar refractivity (Wildman–Crippen MR) is 37.0 cm³/mol. The van der Waals surface area contributed by atoms with Crippen LogP contribution in [0.2, 0.25) is 11.5 Å². The molecular formula is C5H9ClGe. The zero-order valence-electron chi connectivity index (χ0n) is 4.66. The predicted octanol–water partition coefficient (Wildman–Crippen LogP) is 2.31. The molecule has 0 aromatic rings. The van der Waals surface area contributed by atoms with Crippen molar-refractivity contribution in [2.45, 2.75) is 11.5 Å². The molecule has 0 saturated carbocycles. The molecule has 0 aliphatic carbocycles. The summed E-state index contributed by atoms with van der Waals surface area (Å²) in [5.41, 5.74) is 2.68. The summed E-state index contributed by atoms with van der Waals surface area (Å²) in [7, 11) is 5.86. The minimum absolute atomic E-state index is 1.90. The Bertz CT molecular complexity index is 95.1. The van der Waals surface area contributed by atoms with Crippen molar-refractivity contribution in [1.82, 2.24) is 0 Å². The van der Waals surface area contributed by atoms with Gasteiger partial charge in [-0.2, -0.15) is 0 Å². The zero-order chi connectivity index (χ0) is 5.91. The number of halogens is 1. The molecule has 0 N–H and O–H groups in total. The van der Waals surface area contributed by atoms with E-state index >= 15 is 0 Å². The van der Waals surface area contributed by atoms with Gasteiger partial charge in [0.15, 0.2) is 0 Å². The zero-order valence-corrected chi connectivity index (χ0v) is 7.52. The fraction of sp³-hybridized carbons (Fsp3) is 0.400. The third-order valence-electron chi connectivity index (χ3n) is 0.445. The van der Waals surface area contributed by atoms with Crippen LogP contribution in [-0.2, 0) is 0 Å². The van der Waals surface area contributed by atoms with Crippen LogP contribution < -0.4 is 0 Å². The molecule has 0 rings (SSSR count). The quantitative estimate of drug-likeness (QED) is 0.426. The molecule has 7 heavy (non-hydrogen) atoms. The normalized spacial score (nSPS) is 10.1. The van der Waals surface area contributed by atoms with Gasteiger partial charge in [-0.3, -0.25) is 0 Å². The summed E-state index contributed by atoms with van der Waals surface area (Å²) >= 11 is -1.91. The Morgan fingerprint density at radius 2 is 2.14 bits per heavy atom. The van der Waals surface area contributed by atoms with Gasteiger partial charge in [0.1, 0.15) is 0 Å². The maximum atomic E-state index is 5.86. The van der Waals surface area contributed by atoms with E-state index in [0.29, 0.717) is 0 Å². The summed E-state index contributed by atoms with van der Waals surface area (Å²) < 4.78 is 0. The molecule has 0 atom stereocenters. The maximum absolute atomic E-state index is 5.86. The summed E-state index contributed by atoms with van der Waals surface area (Å²) in [4.78, 5) is 1.90. The summed E-state index contributed by atoms with van der Waals surface area (Å²) in [5, 5.41) is 0. The Morgan fingerprint density at radius 1 is 1.71 bits per heavy atom. The molecule has 0 unspecified atom stereocenters. The van der Waals surface area contributed by atoms with Crippen LogP contribution in [0.5, 0.6) is 0 Å². The monoisotopic (exact) mass is 178 g/mol. The average molecular weight is 177 g/mol. The molecule has 2 heteroatoms. The van der Waals surface area contributed by atoms with E-state index in [4.69, 9.17) is 10.0 Å². The second-order valence-electron chi connectivity index (χ2n) is 1.91. The molecule has 0 radical (unpaired) electrons. The number of hydrogen-bond acceptors (Lipinski definition) is 0. The van der Waals surface area contributed by atoms with Crippen LogP contribution >= 0.6 is 10.0 Å². The SMILES string of the molecule is C=C=[CH][Ge]([CH3])([CH3])[Cl]. The third-order valence-corrected chi connectivity index (χ3v) is 2.88. The first kappa shape index (κ1) is 7.35. The molecule has 0 aromatic carbocycles. The molecule has 40 valence electrons. The van der Waals surface area contributed by atoms with Crippen LogP contribution in [0, 0.1) is 0 Å². The second kappa shape index (κ2) is 2.61. The van der Waals surface area contributed by atoms with Gasteiger partial charge in [0.2, 0.25) is 0 Å². The van der Waals surface area contributed by atoms with Gasteiger partial charge in [-0.1, -0.05) is 0 Å². The molecule has 0 spiro atoms. The summed E-state index contributed by atoms with van der Waals surface area (Å²) in [6.07, 6.45) is 0. The molecular weight excluding hydrogens is 168 g/mol. The molecule has 0 fully saturated rings. The van der Waals surface area contributed by atoms with Crippen LogP contribution in [0.4, 0.5) is 0 Å². The van der Waals surface area contributed by atoms with Crippen LogP contribution in [0.1, 0.15) is 0 Å². The minimum atomic E-state index is -1.91. The van der Waals surface area contributed by atoms with Crippen LogP contribution in [0.25, 0.3) is 0 Å². The summed E-state index contributed by atoms with van der Waals surface area (Å²) in [6, 6.07) is 0. The van der Waals surface area contributed by atoms with E-state index in [1.165, 1.54) is 0 Å². The van der Waals surface area contributed by atoms with Gasteiger partial charge in [-0.25, -0.2) is 0 Å². The van der Waals surface area contributed by atoms with Crippen molar-refractivity contribution in [3.05, 3.63) is 17.2 Å². The number of hydrogen-bond donors (Lipinski definition) is 0. The van der Waals surface area contributed by atoms with Gasteiger partial charge in [0.25, 0.3) is 0 Å². The standard InChI is InChI=1S/C5H9ClGe/c1-4-5-7(2,3)6/h5H,1H2,2-3H3. The molecule has 0 aliphatic rings. The molecule has 0 saturated heterocycles. The summed E-state index contributed by atoms with van der Waals surface area (Å²) in [5.74, 6) is 4.14. The second-order valence-corrected chi connectivity index (χ2v) is 14.1. The van der Waals surface area contributed by atoms with Gasteiger partial charge in [-0.05, 0) is 0 Å². The van der Waals surface area contributed by atoms with E-state index in [0.717, 1.165) is 0 Å². The first-order valence-electron chi connectivity index (χ1n) is 2.12. The first-order valence-corrected chi connectivity index (χ1v) is 10.3. The van der Waals surface area contributed by atoms with E-state index in [1.54, 1.807) is 0 Å². The van der Waals surface area contributed by atoms with Crippen molar-refractivity contribution < 1.29 is 0 Å². The summed E-state index contributed by atoms with van der Waals surface area (Å²) in [6.45, 7) is 3.43. The average Bonchev–Trinajstić information content (AvgIpc) is 1.30. The van der Waals surface area contributed by atoms with Crippen molar-refractivity contribution in [3.63, 3.8) is 0 Å². The van der Waals surface area contributed by atoms with Crippen molar-refractivity contribution in [1.29, 1.82) is 0 Å². The Hall–Kier alpha value is 0.353.